The minimum atomic E-state index is 0. The predicted molar refractivity (Wildman–Crippen MR) is 69.0 cm³/mol. The van der Waals surface area contributed by atoms with E-state index >= 15 is 0 Å². The van der Waals surface area contributed by atoms with Crippen LogP contribution in [0.4, 0.5) is 0 Å². The summed E-state index contributed by atoms with van der Waals surface area (Å²) in [4.78, 5) is 0. The van der Waals surface area contributed by atoms with Gasteiger partial charge in [-0.25, -0.2) is 0 Å². The zero-order valence-corrected chi connectivity index (χ0v) is 9.74. The number of rotatable bonds is 1. The van der Waals surface area contributed by atoms with E-state index in [0.717, 1.165) is 11.6 Å². The lowest BCUT2D eigenvalue weighted by molar-refractivity contribution is 0.706. The van der Waals surface area contributed by atoms with Crippen LogP contribution in [0.5, 0.6) is 0 Å². The van der Waals surface area contributed by atoms with Crippen molar-refractivity contribution in [3.05, 3.63) is 42.2 Å². The molecule has 0 bridgehead atoms. The maximum Gasteiger partial charge on any atom is 0 e. The third-order valence-electron chi connectivity index (χ3n) is 3.44. The zero-order valence-electron chi connectivity index (χ0n) is 8.84. The van der Waals surface area contributed by atoms with Crippen LogP contribution in [0.2, 0.25) is 0 Å². The molecule has 1 aliphatic heterocycles. The van der Waals surface area contributed by atoms with Crippen LogP contribution in [-0.4, -0.2) is 14.1 Å². The summed E-state index contributed by atoms with van der Waals surface area (Å²) in [5.74, 6) is 3.42. The van der Waals surface area contributed by atoms with Crippen LogP contribution in [-0.2, 0) is 0 Å². The summed E-state index contributed by atoms with van der Waals surface area (Å²) in [5, 5.41) is 1.58. The molecule has 2 heteroatoms. The lowest BCUT2D eigenvalue weighted by Gasteiger charge is -2.19. The number of hydrogen-bond acceptors (Lipinski definition) is 0. The van der Waals surface area contributed by atoms with Crippen LogP contribution in [0, 0.1) is 5.92 Å². The third kappa shape index (κ3) is 1.90. The topological polar surface area (TPSA) is 0 Å². The summed E-state index contributed by atoms with van der Waals surface area (Å²) in [6, 6.07) is 11.1. The monoisotopic (exact) mass is 213 g/mol. The van der Waals surface area contributed by atoms with Crippen molar-refractivity contribution < 1.29 is 0 Å². The first-order valence-electron chi connectivity index (χ1n) is 5.47. The minimum absolute atomic E-state index is 0. The van der Waals surface area contributed by atoms with Crippen LogP contribution in [0.15, 0.2) is 42.2 Å². The standard InChI is InChI=1S/C13H15P.B/c1-2-6-12(7-3-1)14-10-9-11-5-4-8-13(11)14;/h1-3,6-7,9-11,13H,4-5,8H2;/t11-,13-,14+;/m0./s1. The van der Waals surface area contributed by atoms with Crippen LogP contribution >= 0.6 is 7.92 Å². The molecule has 1 aliphatic carbocycles. The molecule has 1 fully saturated rings. The molecule has 2 aliphatic rings. The van der Waals surface area contributed by atoms with Gasteiger partial charge in [0.1, 0.15) is 0 Å². The van der Waals surface area contributed by atoms with E-state index in [4.69, 9.17) is 0 Å². The van der Waals surface area contributed by atoms with Gasteiger partial charge in [0.25, 0.3) is 0 Å². The summed E-state index contributed by atoms with van der Waals surface area (Å²) < 4.78 is 0. The zero-order chi connectivity index (χ0) is 9.38. The van der Waals surface area contributed by atoms with Crippen molar-refractivity contribution in [1.82, 2.24) is 0 Å². The van der Waals surface area contributed by atoms with Crippen molar-refractivity contribution in [2.75, 3.05) is 0 Å². The first kappa shape index (κ1) is 11.0. The Kier molecular flexibility index (Phi) is 3.31. The second-order valence-electron chi connectivity index (χ2n) is 4.25. The highest BCUT2D eigenvalue weighted by Gasteiger charge is 2.35. The molecule has 1 aromatic carbocycles. The van der Waals surface area contributed by atoms with Gasteiger partial charge < -0.3 is 0 Å². The van der Waals surface area contributed by atoms with E-state index in [2.05, 4.69) is 42.2 Å². The summed E-state index contributed by atoms with van der Waals surface area (Å²) in [6.07, 6.45) is 6.83. The van der Waals surface area contributed by atoms with Gasteiger partial charge in [-0.1, -0.05) is 48.6 Å². The SMILES string of the molecule is C1=C[P@](c2ccccc2)[C@H]2CCC[C@@H]12.[B]. The highest BCUT2D eigenvalue weighted by Crippen LogP contribution is 2.56. The molecule has 3 atom stereocenters. The number of fused-ring (bicyclic) bond motifs is 1. The van der Waals surface area contributed by atoms with Crippen molar-refractivity contribution >= 4 is 21.6 Å². The highest BCUT2D eigenvalue weighted by molar-refractivity contribution is 7.69. The molecule has 1 saturated carbocycles. The van der Waals surface area contributed by atoms with Crippen LogP contribution in [0.1, 0.15) is 19.3 Å². The molecule has 15 heavy (non-hydrogen) atoms. The predicted octanol–water partition coefficient (Wildman–Crippen LogP) is 3.11. The molecule has 0 amide bonds. The smallest absolute Gasteiger partial charge is 0 e. The third-order valence-corrected chi connectivity index (χ3v) is 6.18. The summed E-state index contributed by atoms with van der Waals surface area (Å²) in [5.41, 5.74) is 0.979. The molecule has 1 aromatic rings. The van der Waals surface area contributed by atoms with Gasteiger partial charge in [-0.3, -0.25) is 0 Å². The number of benzene rings is 1. The Balaban J connectivity index is 0.000000853. The Labute approximate surface area is 95.1 Å². The van der Waals surface area contributed by atoms with E-state index in [1.54, 1.807) is 5.30 Å². The second-order valence-corrected chi connectivity index (χ2v) is 6.54. The largest absolute Gasteiger partial charge is 0.0800 e. The second kappa shape index (κ2) is 4.53. The van der Waals surface area contributed by atoms with E-state index in [9.17, 15) is 0 Å². The first-order valence-corrected chi connectivity index (χ1v) is 6.95. The fourth-order valence-electron chi connectivity index (χ4n) is 2.73. The van der Waals surface area contributed by atoms with E-state index in [1.807, 2.05) is 0 Å². The molecule has 0 aromatic heterocycles. The van der Waals surface area contributed by atoms with E-state index < -0.39 is 0 Å². The first-order chi connectivity index (χ1) is 6.95. The Bertz CT molecular complexity index is 347. The lowest BCUT2D eigenvalue weighted by Crippen LogP contribution is -2.10. The summed E-state index contributed by atoms with van der Waals surface area (Å²) in [6.45, 7) is 0. The van der Waals surface area contributed by atoms with Gasteiger partial charge in [-0.2, -0.15) is 0 Å². The number of allylic oxidation sites excluding steroid dienone is 1. The molecule has 75 valence electrons. The Morgan fingerprint density at radius 3 is 2.67 bits per heavy atom. The van der Waals surface area contributed by atoms with Crippen molar-refractivity contribution in [3.8, 4) is 0 Å². The van der Waals surface area contributed by atoms with Crippen molar-refractivity contribution in [2.24, 2.45) is 5.92 Å². The van der Waals surface area contributed by atoms with Crippen LogP contribution in [0.3, 0.4) is 0 Å². The molecule has 0 spiro atoms. The summed E-state index contributed by atoms with van der Waals surface area (Å²) >= 11 is 0. The molecule has 0 nitrogen and oxygen atoms in total. The van der Waals surface area contributed by atoms with Gasteiger partial charge in [-0.15, -0.1) is 0 Å². The molecular weight excluding hydrogens is 198 g/mol. The quantitative estimate of drug-likeness (QED) is 0.496. The van der Waals surface area contributed by atoms with Gasteiger partial charge in [0.2, 0.25) is 0 Å². The highest BCUT2D eigenvalue weighted by atomic mass is 31.1. The van der Waals surface area contributed by atoms with Gasteiger partial charge in [-0.05, 0) is 37.6 Å². The number of hydrogen-bond donors (Lipinski definition) is 0. The van der Waals surface area contributed by atoms with Crippen molar-refractivity contribution in [1.29, 1.82) is 0 Å². The Hall–Kier alpha value is -0.545. The average Bonchev–Trinajstić information content (AvgIpc) is 2.79. The van der Waals surface area contributed by atoms with Crippen LogP contribution in [0.25, 0.3) is 0 Å². The van der Waals surface area contributed by atoms with E-state index in [0.29, 0.717) is 0 Å². The average molecular weight is 213 g/mol. The fraction of sp³-hybridized carbons (Fsp3) is 0.385. The van der Waals surface area contributed by atoms with Crippen molar-refractivity contribution in [3.63, 3.8) is 0 Å². The van der Waals surface area contributed by atoms with Gasteiger partial charge in [0, 0.05) is 8.41 Å². The Morgan fingerprint density at radius 1 is 1.07 bits per heavy atom. The van der Waals surface area contributed by atoms with E-state index in [-0.39, 0.29) is 16.3 Å². The molecular formula is C13H15BP. The minimum Gasteiger partial charge on any atom is -0.0800 e. The molecule has 1 heterocycles. The molecule has 0 unspecified atom stereocenters. The van der Waals surface area contributed by atoms with Gasteiger partial charge >= 0.3 is 0 Å². The van der Waals surface area contributed by atoms with Gasteiger partial charge in [0.05, 0.1) is 0 Å². The van der Waals surface area contributed by atoms with E-state index in [1.165, 1.54) is 19.3 Å². The van der Waals surface area contributed by atoms with Gasteiger partial charge in [0.15, 0.2) is 0 Å². The van der Waals surface area contributed by atoms with Crippen molar-refractivity contribution in [2.45, 2.75) is 24.9 Å². The molecule has 0 saturated heterocycles. The lowest BCUT2D eigenvalue weighted by atomic mass is 10.1. The van der Waals surface area contributed by atoms with Crippen LogP contribution < -0.4 is 5.30 Å². The molecule has 0 N–H and O–H groups in total. The normalized spacial score (nSPS) is 32.4. The Morgan fingerprint density at radius 2 is 1.87 bits per heavy atom. The summed E-state index contributed by atoms with van der Waals surface area (Å²) in [7, 11) is 0.0388. The molecule has 3 radical (unpaired) electrons. The fourth-order valence-corrected chi connectivity index (χ4v) is 5.55. The molecule has 3 rings (SSSR count). The maximum atomic E-state index is 2.50. The maximum absolute atomic E-state index is 2.50.